The number of carbonyl (C=O) groups is 1. The molecule has 0 aliphatic carbocycles. The zero-order valence-electron chi connectivity index (χ0n) is 18.9. The zero-order chi connectivity index (χ0) is 23.5. The van der Waals surface area contributed by atoms with Crippen LogP contribution in [0.5, 0.6) is 5.75 Å². The average molecular weight is 451 g/mol. The van der Waals surface area contributed by atoms with Gasteiger partial charge < -0.3 is 20.2 Å². The lowest BCUT2D eigenvalue weighted by atomic mass is 10.1. The molecular formula is C24H27FN6O2. The summed E-state index contributed by atoms with van der Waals surface area (Å²) in [7, 11) is 3.36. The molecule has 0 unspecified atom stereocenters. The van der Waals surface area contributed by atoms with Gasteiger partial charge in [0.1, 0.15) is 17.2 Å². The summed E-state index contributed by atoms with van der Waals surface area (Å²) < 4.78 is 23.8. The van der Waals surface area contributed by atoms with E-state index in [1.54, 1.807) is 24.8 Å². The van der Waals surface area contributed by atoms with Gasteiger partial charge in [-0.25, -0.2) is 9.37 Å². The van der Waals surface area contributed by atoms with Gasteiger partial charge in [0.15, 0.2) is 5.69 Å². The highest BCUT2D eigenvalue weighted by Gasteiger charge is 2.19. The minimum absolute atomic E-state index is 0.248. The fourth-order valence-corrected chi connectivity index (χ4v) is 3.89. The first-order valence-electron chi connectivity index (χ1n) is 10.8. The summed E-state index contributed by atoms with van der Waals surface area (Å²) in [5.41, 5.74) is 11.2. The molecule has 172 valence electrons. The molecule has 0 fully saturated rings. The van der Waals surface area contributed by atoms with Gasteiger partial charge in [0.05, 0.1) is 6.61 Å². The van der Waals surface area contributed by atoms with Crippen LogP contribution >= 0.6 is 0 Å². The molecule has 0 aliphatic heterocycles. The maximum atomic E-state index is 14.1. The van der Waals surface area contributed by atoms with Crippen molar-refractivity contribution in [3.05, 3.63) is 71.2 Å². The number of nitrogens with two attached hydrogens (primary N) is 1. The van der Waals surface area contributed by atoms with E-state index in [0.29, 0.717) is 30.8 Å². The first-order valence-corrected chi connectivity index (χ1v) is 10.8. The SMILES string of the molecule is CNC(=O)c1nn(C)c(C)c1CCOc1cc(F)ccc1-c1ccc2ncc(CCN)n2c1. The van der Waals surface area contributed by atoms with Gasteiger partial charge in [0.2, 0.25) is 0 Å². The molecule has 0 radical (unpaired) electrons. The van der Waals surface area contributed by atoms with E-state index < -0.39 is 0 Å². The molecule has 3 aromatic heterocycles. The van der Waals surface area contributed by atoms with Gasteiger partial charge in [-0.3, -0.25) is 9.48 Å². The maximum absolute atomic E-state index is 14.1. The van der Waals surface area contributed by atoms with Gasteiger partial charge in [0.25, 0.3) is 5.91 Å². The topological polar surface area (TPSA) is 99.5 Å². The van der Waals surface area contributed by atoms with Gasteiger partial charge in [-0.2, -0.15) is 5.10 Å². The molecule has 0 saturated heterocycles. The zero-order valence-corrected chi connectivity index (χ0v) is 18.9. The third-order valence-corrected chi connectivity index (χ3v) is 5.75. The van der Waals surface area contributed by atoms with Crippen LogP contribution in [0.2, 0.25) is 0 Å². The second kappa shape index (κ2) is 9.41. The summed E-state index contributed by atoms with van der Waals surface area (Å²) in [6.45, 7) is 2.69. The summed E-state index contributed by atoms with van der Waals surface area (Å²) in [5.74, 6) is -0.204. The quantitative estimate of drug-likeness (QED) is 0.430. The van der Waals surface area contributed by atoms with E-state index in [1.165, 1.54) is 12.1 Å². The van der Waals surface area contributed by atoms with Crippen molar-refractivity contribution in [1.82, 2.24) is 24.5 Å². The van der Waals surface area contributed by atoms with Crippen molar-refractivity contribution in [1.29, 1.82) is 0 Å². The van der Waals surface area contributed by atoms with Crippen molar-refractivity contribution in [3.63, 3.8) is 0 Å². The third-order valence-electron chi connectivity index (χ3n) is 5.75. The normalized spacial score (nSPS) is 11.2. The summed E-state index contributed by atoms with van der Waals surface area (Å²) in [5, 5.41) is 6.92. The van der Waals surface area contributed by atoms with Crippen LogP contribution in [-0.4, -0.2) is 45.3 Å². The third kappa shape index (κ3) is 4.45. The predicted molar refractivity (Wildman–Crippen MR) is 124 cm³/mol. The molecule has 0 aliphatic rings. The summed E-state index contributed by atoms with van der Waals surface area (Å²) in [6, 6.07) is 8.34. The van der Waals surface area contributed by atoms with Crippen LogP contribution in [0.1, 0.15) is 27.4 Å². The molecule has 1 aromatic carbocycles. The molecule has 3 N–H and O–H groups in total. The van der Waals surface area contributed by atoms with Gasteiger partial charge in [-0.05, 0) is 37.7 Å². The van der Waals surface area contributed by atoms with Gasteiger partial charge in [-0.15, -0.1) is 0 Å². The standard InChI is InChI=1S/C24H27FN6O2/c1-15-19(23(24(32)27-2)29-30(15)3)9-11-33-21-12-17(25)5-6-20(21)16-4-7-22-28-13-18(8-10-26)31(22)14-16/h4-7,12-14H,8-11,26H2,1-3H3,(H,27,32). The Morgan fingerprint density at radius 2 is 2.06 bits per heavy atom. The number of hydrogen-bond acceptors (Lipinski definition) is 5. The van der Waals surface area contributed by atoms with Crippen molar-refractivity contribution in [2.75, 3.05) is 20.2 Å². The largest absolute Gasteiger partial charge is 0.492 e. The number of imidazole rings is 1. The Bertz CT molecular complexity index is 1310. The molecule has 3 heterocycles. The van der Waals surface area contributed by atoms with Crippen LogP contribution in [0.4, 0.5) is 4.39 Å². The Morgan fingerprint density at radius 3 is 2.82 bits per heavy atom. The fraction of sp³-hybridized carbons (Fsp3) is 0.292. The second-order valence-electron chi connectivity index (χ2n) is 7.79. The van der Waals surface area contributed by atoms with Crippen molar-refractivity contribution < 1.29 is 13.9 Å². The van der Waals surface area contributed by atoms with Gasteiger partial charge in [-0.1, -0.05) is 0 Å². The Labute approximate surface area is 191 Å². The highest BCUT2D eigenvalue weighted by Crippen LogP contribution is 2.31. The maximum Gasteiger partial charge on any atom is 0.271 e. The van der Waals surface area contributed by atoms with E-state index in [1.807, 2.05) is 35.9 Å². The van der Waals surface area contributed by atoms with E-state index in [-0.39, 0.29) is 18.3 Å². The van der Waals surface area contributed by atoms with Crippen LogP contribution in [0, 0.1) is 12.7 Å². The number of hydrogen-bond donors (Lipinski definition) is 2. The number of rotatable bonds is 8. The predicted octanol–water partition coefficient (Wildman–Crippen LogP) is 2.66. The molecule has 8 nitrogen and oxygen atoms in total. The number of nitrogens with zero attached hydrogens (tertiary/aromatic N) is 4. The average Bonchev–Trinajstić information content (AvgIpc) is 3.34. The van der Waals surface area contributed by atoms with Crippen LogP contribution in [0.15, 0.2) is 42.7 Å². The number of amides is 1. The van der Waals surface area contributed by atoms with Gasteiger partial charge in [0, 0.05) is 73.5 Å². The van der Waals surface area contributed by atoms with E-state index in [0.717, 1.165) is 33.7 Å². The Morgan fingerprint density at radius 1 is 1.24 bits per heavy atom. The Balaban J connectivity index is 1.61. The number of nitrogens with one attached hydrogen (secondary N) is 1. The number of carbonyl (C=O) groups excluding carboxylic acids is 1. The Hall–Kier alpha value is -3.72. The number of halogens is 1. The number of fused-ring (bicyclic) bond motifs is 1. The lowest BCUT2D eigenvalue weighted by Gasteiger charge is -2.13. The smallest absolute Gasteiger partial charge is 0.271 e. The van der Waals surface area contributed by atoms with Crippen LogP contribution < -0.4 is 15.8 Å². The van der Waals surface area contributed by atoms with E-state index in [9.17, 15) is 9.18 Å². The molecule has 4 rings (SSSR count). The molecule has 9 heteroatoms. The molecule has 0 saturated carbocycles. The molecule has 0 spiro atoms. The van der Waals surface area contributed by atoms with Crippen LogP contribution in [0.3, 0.4) is 0 Å². The highest BCUT2D eigenvalue weighted by atomic mass is 19.1. The molecule has 0 atom stereocenters. The minimum Gasteiger partial charge on any atom is -0.492 e. The number of aromatic nitrogens is 4. The fourth-order valence-electron chi connectivity index (χ4n) is 3.89. The van der Waals surface area contributed by atoms with E-state index in [2.05, 4.69) is 15.4 Å². The molecule has 0 bridgehead atoms. The first kappa shape index (κ1) is 22.5. The number of ether oxygens (including phenoxy) is 1. The van der Waals surface area contributed by atoms with Crippen LogP contribution in [0.25, 0.3) is 16.8 Å². The lowest BCUT2D eigenvalue weighted by molar-refractivity contribution is 0.0956. The number of pyridine rings is 1. The van der Waals surface area contributed by atoms with Crippen molar-refractivity contribution in [2.24, 2.45) is 12.8 Å². The summed E-state index contributed by atoms with van der Waals surface area (Å²) in [6.07, 6.45) is 4.94. The van der Waals surface area contributed by atoms with Crippen molar-refractivity contribution in [2.45, 2.75) is 19.8 Å². The molecular weight excluding hydrogens is 423 g/mol. The highest BCUT2D eigenvalue weighted by molar-refractivity contribution is 5.93. The molecule has 33 heavy (non-hydrogen) atoms. The van der Waals surface area contributed by atoms with Crippen LogP contribution in [-0.2, 0) is 19.9 Å². The van der Waals surface area contributed by atoms with E-state index >= 15 is 0 Å². The second-order valence-corrected chi connectivity index (χ2v) is 7.79. The van der Waals surface area contributed by atoms with Crippen molar-refractivity contribution >= 4 is 11.6 Å². The monoisotopic (exact) mass is 450 g/mol. The van der Waals surface area contributed by atoms with Crippen molar-refractivity contribution in [3.8, 4) is 16.9 Å². The molecule has 4 aromatic rings. The number of aryl methyl sites for hydroxylation is 1. The van der Waals surface area contributed by atoms with Gasteiger partial charge >= 0.3 is 0 Å². The molecule has 1 amide bonds. The summed E-state index contributed by atoms with van der Waals surface area (Å²) >= 11 is 0. The lowest BCUT2D eigenvalue weighted by Crippen LogP contribution is -2.20. The Kier molecular flexibility index (Phi) is 6.41. The minimum atomic E-state index is -0.384. The number of benzene rings is 1. The first-order chi connectivity index (χ1) is 15.9. The summed E-state index contributed by atoms with van der Waals surface area (Å²) in [4.78, 5) is 16.6. The van der Waals surface area contributed by atoms with E-state index in [4.69, 9.17) is 10.5 Å².